The summed E-state index contributed by atoms with van der Waals surface area (Å²) in [5.41, 5.74) is 0.387. The van der Waals surface area contributed by atoms with E-state index in [9.17, 15) is 18.7 Å². The number of aliphatic hydroxyl groups excluding tert-OH is 1. The monoisotopic (exact) mass is 536 g/mol. The number of halogens is 2. The highest BCUT2D eigenvalue weighted by atomic mass is 32.1. The topological polar surface area (TPSA) is 101 Å². The fourth-order valence-electron chi connectivity index (χ4n) is 4.69. The number of aromatic nitrogens is 2. The van der Waals surface area contributed by atoms with Crippen LogP contribution in [0.4, 0.5) is 19.6 Å². The molecule has 0 spiro atoms. The molecular weight excluding hydrogens is 506 g/mol. The van der Waals surface area contributed by atoms with Gasteiger partial charge in [-0.2, -0.15) is 13.8 Å². The number of amides is 1. The first kappa shape index (κ1) is 25.7. The van der Waals surface area contributed by atoms with E-state index in [1.165, 1.54) is 31.3 Å². The molecule has 0 aliphatic carbocycles. The summed E-state index contributed by atoms with van der Waals surface area (Å²) in [6.45, 7) is 9.39. The third-order valence-electron chi connectivity index (χ3n) is 6.45. The summed E-state index contributed by atoms with van der Waals surface area (Å²) < 4.78 is 46.1. The number of nitrogens with zero attached hydrogens (tertiary/aromatic N) is 4. The maximum Gasteiger partial charge on any atom is 0.424 e. The molecule has 3 aromatic rings. The summed E-state index contributed by atoms with van der Waals surface area (Å²) in [5, 5.41) is 12.4. The van der Waals surface area contributed by atoms with Gasteiger partial charge in [-0.25, -0.2) is 9.78 Å². The molecule has 12 heteroatoms. The smallest absolute Gasteiger partial charge is 0.424 e. The highest BCUT2D eigenvalue weighted by Gasteiger charge is 2.50. The van der Waals surface area contributed by atoms with E-state index in [2.05, 4.69) is 9.97 Å². The van der Waals surface area contributed by atoms with Crippen LogP contribution in [-0.2, 0) is 4.74 Å². The van der Waals surface area contributed by atoms with Gasteiger partial charge in [-0.15, -0.1) is 11.3 Å². The van der Waals surface area contributed by atoms with Crippen molar-refractivity contribution in [3.05, 3.63) is 23.7 Å². The molecule has 1 N–H and O–H groups in total. The standard InChI is InChI=1S/C25H30F2N4O5S/c1-13(2)20(32)25(26,27)35-17-7-6-16(21-28-8-9-37-21)19-18(17)29-22(34-19)30-11-14-10-15(12-30)31(14)23(33)36-24(3,4)5/h6-9,13-15,20,32H,10-12H2,1-5H3. The number of aliphatic hydroxyl groups is 1. The maximum atomic E-state index is 14.7. The molecule has 9 nitrogen and oxygen atoms in total. The zero-order valence-electron chi connectivity index (χ0n) is 21.3. The molecule has 0 radical (unpaired) electrons. The molecule has 1 aromatic carbocycles. The van der Waals surface area contributed by atoms with Crippen molar-refractivity contribution in [3.8, 4) is 16.3 Å². The Labute approximate surface area is 217 Å². The summed E-state index contributed by atoms with van der Waals surface area (Å²) in [6.07, 6.45) is -3.69. The van der Waals surface area contributed by atoms with Gasteiger partial charge in [0, 0.05) is 24.7 Å². The number of anilines is 1. The van der Waals surface area contributed by atoms with E-state index in [1.807, 2.05) is 25.7 Å². The second kappa shape index (κ2) is 9.09. The number of hydrogen-bond donors (Lipinski definition) is 1. The lowest BCUT2D eigenvalue weighted by Gasteiger charge is -2.55. The first-order valence-corrected chi connectivity index (χ1v) is 13.1. The van der Waals surface area contributed by atoms with Crippen LogP contribution in [0.25, 0.3) is 21.7 Å². The van der Waals surface area contributed by atoms with Gasteiger partial charge in [-0.3, -0.25) is 4.90 Å². The van der Waals surface area contributed by atoms with Gasteiger partial charge < -0.3 is 23.9 Å². The fourth-order valence-corrected chi connectivity index (χ4v) is 5.35. The Balaban J connectivity index is 1.45. The highest BCUT2D eigenvalue weighted by molar-refractivity contribution is 7.13. The average Bonchev–Trinajstić information content (AvgIpc) is 3.48. The normalized spacial score (nSPS) is 20.8. The number of thiazole rings is 1. The quantitative estimate of drug-likeness (QED) is 0.462. The predicted molar refractivity (Wildman–Crippen MR) is 134 cm³/mol. The molecule has 3 unspecified atom stereocenters. The number of rotatable bonds is 6. The molecule has 200 valence electrons. The number of carbonyl (C=O) groups excluding carboxylic acids is 1. The van der Waals surface area contributed by atoms with Crippen LogP contribution in [0, 0.1) is 5.92 Å². The Hall–Kier alpha value is -2.99. The van der Waals surface area contributed by atoms with Crippen LogP contribution in [0.5, 0.6) is 5.75 Å². The number of fused-ring (bicyclic) bond motifs is 3. The predicted octanol–water partition coefficient (Wildman–Crippen LogP) is 5.14. The van der Waals surface area contributed by atoms with Crippen LogP contribution in [0.1, 0.15) is 41.0 Å². The summed E-state index contributed by atoms with van der Waals surface area (Å²) in [7, 11) is 0. The van der Waals surface area contributed by atoms with Gasteiger partial charge in [-0.1, -0.05) is 13.8 Å². The molecule has 3 aliphatic heterocycles. The zero-order valence-corrected chi connectivity index (χ0v) is 22.1. The third-order valence-corrected chi connectivity index (χ3v) is 7.25. The van der Waals surface area contributed by atoms with E-state index >= 15 is 0 Å². The van der Waals surface area contributed by atoms with Gasteiger partial charge in [0.2, 0.25) is 0 Å². The molecule has 6 rings (SSSR count). The molecule has 2 aromatic heterocycles. The Morgan fingerprint density at radius 3 is 2.54 bits per heavy atom. The number of carbonyl (C=O) groups is 1. The van der Waals surface area contributed by atoms with Crippen LogP contribution >= 0.6 is 11.3 Å². The molecule has 1 amide bonds. The van der Waals surface area contributed by atoms with Crippen LogP contribution in [0.15, 0.2) is 28.1 Å². The lowest BCUT2D eigenvalue weighted by atomic mass is 9.88. The Kier molecular flexibility index (Phi) is 6.30. The minimum atomic E-state index is -3.83. The van der Waals surface area contributed by atoms with E-state index in [4.69, 9.17) is 13.9 Å². The summed E-state index contributed by atoms with van der Waals surface area (Å²) in [6, 6.07) is 3.10. The summed E-state index contributed by atoms with van der Waals surface area (Å²) in [4.78, 5) is 25.1. The SMILES string of the molecule is CC(C)C(O)C(F)(F)Oc1ccc(-c2nccs2)c2oc(N3CC4CC(C3)N4C(=O)OC(C)(C)C)nc12. The lowest BCUT2D eigenvalue weighted by molar-refractivity contribution is -0.249. The Morgan fingerprint density at radius 1 is 1.24 bits per heavy atom. The van der Waals surface area contributed by atoms with Crippen LogP contribution in [-0.4, -0.2) is 69.1 Å². The van der Waals surface area contributed by atoms with Crippen LogP contribution in [0.3, 0.4) is 0 Å². The molecule has 3 saturated heterocycles. The van der Waals surface area contributed by atoms with Crippen molar-refractivity contribution in [1.82, 2.24) is 14.9 Å². The molecule has 37 heavy (non-hydrogen) atoms. The maximum absolute atomic E-state index is 14.7. The molecule has 0 saturated carbocycles. The van der Waals surface area contributed by atoms with E-state index in [0.29, 0.717) is 23.7 Å². The number of piperidine rings is 1. The van der Waals surface area contributed by atoms with Gasteiger partial charge in [0.15, 0.2) is 23.0 Å². The largest absolute Gasteiger partial charge is 0.444 e. The van der Waals surface area contributed by atoms with Crippen molar-refractivity contribution < 1.29 is 32.6 Å². The number of alkyl halides is 2. The van der Waals surface area contributed by atoms with E-state index in [-0.39, 0.29) is 41.0 Å². The number of ether oxygens (including phenoxy) is 2. The number of hydrogen-bond acceptors (Lipinski definition) is 9. The van der Waals surface area contributed by atoms with E-state index in [0.717, 1.165) is 6.42 Å². The van der Waals surface area contributed by atoms with Gasteiger partial charge >= 0.3 is 12.2 Å². The zero-order chi connectivity index (χ0) is 26.7. The van der Waals surface area contributed by atoms with Crippen molar-refractivity contribution in [1.29, 1.82) is 0 Å². The second-order valence-corrected chi connectivity index (χ2v) is 11.7. The van der Waals surface area contributed by atoms with Crippen molar-refractivity contribution in [2.24, 2.45) is 5.92 Å². The molecule has 2 bridgehead atoms. The van der Waals surface area contributed by atoms with Crippen molar-refractivity contribution in [2.45, 2.75) is 70.9 Å². The second-order valence-electron chi connectivity index (χ2n) is 10.8. The average molecular weight is 537 g/mol. The number of oxazole rings is 1. The third kappa shape index (κ3) is 4.84. The van der Waals surface area contributed by atoms with E-state index < -0.39 is 23.7 Å². The van der Waals surface area contributed by atoms with Gasteiger partial charge in [-0.05, 0) is 45.2 Å². The molecule has 3 aliphatic rings. The van der Waals surface area contributed by atoms with Gasteiger partial charge in [0.25, 0.3) is 6.01 Å². The fraction of sp³-hybridized carbons (Fsp3) is 0.560. The number of piperazine rings is 1. The van der Waals surface area contributed by atoms with E-state index in [1.54, 1.807) is 22.5 Å². The molecular formula is C25H30F2N4O5S. The van der Waals surface area contributed by atoms with Gasteiger partial charge in [0.05, 0.1) is 17.6 Å². The summed E-state index contributed by atoms with van der Waals surface area (Å²) in [5.74, 6) is -0.923. The Morgan fingerprint density at radius 2 is 1.95 bits per heavy atom. The summed E-state index contributed by atoms with van der Waals surface area (Å²) >= 11 is 1.38. The highest BCUT2D eigenvalue weighted by Crippen LogP contribution is 2.42. The first-order valence-electron chi connectivity index (χ1n) is 12.2. The minimum absolute atomic E-state index is 0.0664. The number of benzene rings is 1. The van der Waals surface area contributed by atoms with Crippen LogP contribution < -0.4 is 9.64 Å². The van der Waals surface area contributed by atoms with Crippen LogP contribution in [0.2, 0.25) is 0 Å². The van der Waals surface area contributed by atoms with Crippen molar-refractivity contribution in [3.63, 3.8) is 0 Å². The minimum Gasteiger partial charge on any atom is -0.444 e. The van der Waals surface area contributed by atoms with Crippen molar-refractivity contribution >= 4 is 34.5 Å². The molecule has 3 fully saturated rings. The van der Waals surface area contributed by atoms with Crippen molar-refractivity contribution in [2.75, 3.05) is 18.0 Å². The first-order chi connectivity index (χ1) is 17.3. The van der Waals surface area contributed by atoms with Gasteiger partial charge in [0.1, 0.15) is 10.6 Å². The Bertz CT molecular complexity index is 1280. The molecule has 3 atom stereocenters. The lowest BCUT2D eigenvalue weighted by Crippen LogP contribution is -2.70. The molecule has 5 heterocycles.